The van der Waals surface area contributed by atoms with E-state index in [1.807, 2.05) is 0 Å². The third kappa shape index (κ3) is 4.22. The van der Waals surface area contributed by atoms with Crippen LogP contribution in [-0.4, -0.2) is 73.6 Å². The predicted octanol–water partition coefficient (Wildman–Crippen LogP) is 0.201. The van der Waals surface area contributed by atoms with E-state index in [0.717, 1.165) is 13.1 Å². The van der Waals surface area contributed by atoms with Crippen molar-refractivity contribution >= 4 is 11.9 Å². The number of esters is 2. The van der Waals surface area contributed by atoms with Crippen LogP contribution in [0.15, 0.2) is 0 Å². The van der Waals surface area contributed by atoms with Gasteiger partial charge in [-0.3, -0.25) is 14.5 Å². The van der Waals surface area contributed by atoms with Crippen molar-refractivity contribution in [2.75, 3.05) is 39.5 Å². The fourth-order valence-electron chi connectivity index (χ4n) is 3.54. The first-order valence-corrected chi connectivity index (χ1v) is 8.43. The van der Waals surface area contributed by atoms with Gasteiger partial charge in [0.15, 0.2) is 0 Å². The summed E-state index contributed by atoms with van der Waals surface area (Å²) in [6.07, 6.45) is 0.234. The molecule has 0 aromatic rings. The highest BCUT2D eigenvalue weighted by molar-refractivity contribution is 5.83. The summed E-state index contributed by atoms with van der Waals surface area (Å²) in [6.45, 7) is 6.61. The summed E-state index contributed by atoms with van der Waals surface area (Å²) in [6, 6.07) is -0.154. The molecule has 0 amide bonds. The molecule has 2 fully saturated rings. The molecule has 7 heteroatoms. The Morgan fingerprint density at radius 2 is 1.70 bits per heavy atom. The van der Waals surface area contributed by atoms with Crippen LogP contribution >= 0.6 is 0 Å². The molecule has 1 aliphatic heterocycles. The van der Waals surface area contributed by atoms with Crippen LogP contribution in [0.5, 0.6) is 0 Å². The molecule has 1 saturated carbocycles. The van der Waals surface area contributed by atoms with Crippen LogP contribution in [0.2, 0.25) is 0 Å². The minimum atomic E-state index is -0.935. The maximum Gasteiger partial charge on any atom is 0.312 e. The van der Waals surface area contributed by atoms with Crippen LogP contribution in [0.1, 0.15) is 26.7 Å². The number of rotatable bonds is 5. The summed E-state index contributed by atoms with van der Waals surface area (Å²) in [7, 11) is 0. The molecule has 2 rings (SSSR count). The number of carbonyl (C=O) groups excluding carboxylic acids is 2. The Hall–Kier alpha value is -1.18. The Morgan fingerprint density at radius 3 is 2.30 bits per heavy atom. The standard InChI is InChI=1S/C16H27NO6/c1-3-22-15(19)11-5-6-12(17-7-9-21-10-8-17)14(18)13(11)16(20)23-4-2/h11-14,18H,3-10H2,1-2H3/t11-,12-,13+,14+/m1/s1. The predicted molar refractivity (Wildman–Crippen MR) is 81.7 cm³/mol. The SMILES string of the molecule is CCOC(=O)[C@@H]1[C@@H](O)[C@H](N2CCOCC2)CC[C@H]1C(=O)OCC. The fourth-order valence-corrected chi connectivity index (χ4v) is 3.54. The van der Waals surface area contributed by atoms with E-state index in [2.05, 4.69) is 4.90 Å². The molecule has 0 aromatic heterocycles. The minimum absolute atomic E-state index is 0.154. The second kappa shape index (κ2) is 8.61. The Labute approximate surface area is 136 Å². The number of morpholine rings is 1. The first-order chi connectivity index (χ1) is 11.1. The lowest BCUT2D eigenvalue weighted by Gasteiger charge is -2.44. The maximum absolute atomic E-state index is 12.3. The molecule has 0 bridgehead atoms. The van der Waals surface area contributed by atoms with E-state index in [0.29, 0.717) is 26.1 Å². The Kier molecular flexibility index (Phi) is 6.80. The van der Waals surface area contributed by atoms with E-state index in [-0.39, 0.29) is 19.3 Å². The number of carbonyl (C=O) groups is 2. The molecule has 2 aliphatic rings. The van der Waals surface area contributed by atoms with E-state index >= 15 is 0 Å². The zero-order chi connectivity index (χ0) is 16.8. The topological polar surface area (TPSA) is 85.3 Å². The van der Waals surface area contributed by atoms with Crippen molar-refractivity contribution in [2.24, 2.45) is 11.8 Å². The van der Waals surface area contributed by atoms with Crippen LogP contribution in [0.3, 0.4) is 0 Å². The number of hydrogen-bond donors (Lipinski definition) is 1. The van der Waals surface area contributed by atoms with Crippen molar-refractivity contribution in [3.05, 3.63) is 0 Å². The third-order valence-corrected chi connectivity index (χ3v) is 4.63. The zero-order valence-corrected chi connectivity index (χ0v) is 13.9. The number of hydrogen-bond acceptors (Lipinski definition) is 7. The molecule has 0 spiro atoms. The van der Waals surface area contributed by atoms with Crippen molar-refractivity contribution < 1.29 is 28.9 Å². The van der Waals surface area contributed by atoms with E-state index in [1.54, 1.807) is 13.8 Å². The van der Waals surface area contributed by atoms with E-state index < -0.39 is 29.9 Å². The molecular weight excluding hydrogens is 302 g/mol. The first kappa shape index (κ1) is 18.2. The number of aliphatic hydroxyl groups is 1. The molecule has 23 heavy (non-hydrogen) atoms. The van der Waals surface area contributed by atoms with Crippen LogP contribution in [-0.2, 0) is 23.8 Å². The first-order valence-electron chi connectivity index (χ1n) is 8.43. The Bertz CT molecular complexity index is 409. The van der Waals surface area contributed by atoms with Crippen LogP contribution in [0, 0.1) is 11.8 Å². The van der Waals surface area contributed by atoms with Gasteiger partial charge in [0.1, 0.15) is 0 Å². The number of aliphatic hydroxyl groups excluding tert-OH is 1. The molecule has 4 atom stereocenters. The molecule has 1 aliphatic carbocycles. The zero-order valence-electron chi connectivity index (χ0n) is 13.9. The van der Waals surface area contributed by atoms with Gasteiger partial charge in [-0.2, -0.15) is 0 Å². The van der Waals surface area contributed by atoms with Gasteiger partial charge in [0, 0.05) is 19.1 Å². The van der Waals surface area contributed by atoms with Crippen molar-refractivity contribution in [1.29, 1.82) is 0 Å². The molecule has 0 radical (unpaired) electrons. The second-order valence-electron chi connectivity index (χ2n) is 5.92. The van der Waals surface area contributed by atoms with Gasteiger partial charge in [-0.1, -0.05) is 0 Å². The lowest BCUT2D eigenvalue weighted by Crippen LogP contribution is -2.57. The summed E-state index contributed by atoms with van der Waals surface area (Å²) in [5.41, 5.74) is 0. The molecule has 7 nitrogen and oxygen atoms in total. The average molecular weight is 329 g/mol. The summed E-state index contributed by atoms with van der Waals surface area (Å²) in [5, 5.41) is 10.8. The molecule has 0 unspecified atom stereocenters. The maximum atomic E-state index is 12.3. The largest absolute Gasteiger partial charge is 0.466 e. The van der Waals surface area contributed by atoms with Gasteiger partial charge in [0.25, 0.3) is 0 Å². The van der Waals surface area contributed by atoms with E-state index in [4.69, 9.17) is 14.2 Å². The molecule has 1 saturated heterocycles. The van der Waals surface area contributed by atoms with Gasteiger partial charge in [-0.05, 0) is 26.7 Å². The van der Waals surface area contributed by atoms with Crippen LogP contribution in [0.25, 0.3) is 0 Å². The molecule has 1 heterocycles. The molecule has 1 N–H and O–H groups in total. The highest BCUT2D eigenvalue weighted by Crippen LogP contribution is 2.35. The van der Waals surface area contributed by atoms with Crippen molar-refractivity contribution in [3.63, 3.8) is 0 Å². The number of nitrogens with zero attached hydrogens (tertiary/aromatic N) is 1. The van der Waals surface area contributed by atoms with Crippen LogP contribution < -0.4 is 0 Å². The highest BCUT2D eigenvalue weighted by Gasteiger charge is 2.48. The fraction of sp³-hybridized carbons (Fsp3) is 0.875. The summed E-state index contributed by atoms with van der Waals surface area (Å²) >= 11 is 0. The Balaban J connectivity index is 2.14. The van der Waals surface area contributed by atoms with Gasteiger partial charge in [-0.25, -0.2) is 0 Å². The highest BCUT2D eigenvalue weighted by atomic mass is 16.5. The van der Waals surface area contributed by atoms with Crippen molar-refractivity contribution in [3.8, 4) is 0 Å². The van der Waals surface area contributed by atoms with Crippen LogP contribution in [0.4, 0.5) is 0 Å². The summed E-state index contributed by atoms with van der Waals surface area (Å²) in [4.78, 5) is 26.6. The van der Waals surface area contributed by atoms with Crippen molar-refractivity contribution in [1.82, 2.24) is 4.90 Å². The smallest absolute Gasteiger partial charge is 0.312 e. The van der Waals surface area contributed by atoms with E-state index in [1.165, 1.54) is 0 Å². The number of ether oxygens (including phenoxy) is 3. The third-order valence-electron chi connectivity index (χ3n) is 4.63. The van der Waals surface area contributed by atoms with Crippen molar-refractivity contribution in [2.45, 2.75) is 38.8 Å². The van der Waals surface area contributed by atoms with Gasteiger partial charge in [0.05, 0.1) is 44.4 Å². The molecular formula is C16H27NO6. The Morgan fingerprint density at radius 1 is 1.09 bits per heavy atom. The second-order valence-corrected chi connectivity index (χ2v) is 5.92. The van der Waals surface area contributed by atoms with Gasteiger partial charge < -0.3 is 19.3 Å². The lowest BCUT2D eigenvalue weighted by molar-refractivity contribution is -0.173. The summed E-state index contributed by atoms with van der Waals surface area (Å²) in [5.74, 6) is -2.45. The normalized spacial score (nSPS) is 32.3. The van der Waals surface area contributed by atoms with Gasteiger partial charge >= 0.3 is 11.9 Å². The summed E-state index contributed by atoms with van der Waals surface area (Å²) < 4.78 is 15.5. The van der Waals surface area contributed by atoms with E-state index in [9.17, 15) is 14.7 Å². The van der Waals surface area contributed by atoms with Gasteiger partial charge in [-0.15, -0.1) is 0 Å². The quantitative estimate of drug-likeness (QED) is 0.721. The minimum Gasteiger partial charge on any atom is -0.466 e. The molecule has 132 valence electrons. The average Bonchev–Trinajstić information content (AvgIpc) is 2.55. The lowest BCUT2D eigenvalue weighted by atomic mass is 9.74. The van der Waals surface area contributed by atoms with Gasteiger partial charge in [0.2, 0.25) is 0 Å². The monoisotopic (exact) mass is 329 g/mol. The molecule has 0 aromatic carbocycles.